The fourth-order valence-electron chi connectivity index (χ4n) is 2.53. The van der Waals surface area contributed by atoms with Crippen molar-refractivity contribution in [2.24, 2.45) is 0 Å². The Morgan fingerprint density at radius 2 is 2.24 bits per heavy atom. The number of carbonyl (C=O) groups is 2. The highest BCUT2D eigenvalue weighted by molar-refractivity contribution is 6.02. The maximum atomic E-state index is 11.9. The van der Waals surface area contributed by atoms with Gasteiger partial charge >= 0.3 is 11.9 Å². The molecule has 0 spiro atoms. The van der Waals surface area contributed by atoms with E-state index in [0.29, 0.717) is 4.90 Å². The minimum absolute atomic E-state index is 0.0349. The zero-order valence-corrected chi connectivity index (χ0v) is 8.68. The highest BCUT2D eigenvalue weighted by Gasteiger charge is 2.73. The van der Waals surface area contributed by atoms with Crippen molar-refractivity contribution in [1.29, 1.82) is 0 Å². The molecule has 0 saturated carbocycles. The van der Waals surface area contributed by atoms with Crippen molar-refractivity contribution < 1.29 is 34.2 Å². The number of urea groups is 1. The zero-order valence-electron chi connectivity index (χ0n) is 8.68. The molecule has 8 heteroatoms. The monoisotopic (exact) mass is 243 g/mol. The number of amides is 3. The lowest BCUT2D eigenvalue weighted by molar-refractivity contribution is -0.569. The van der Waals surface area contributed by atoms with Gasteiger partial charge in [-0.05, 0) is 0 Å². The second kappa shape index (κ2) is 3.10. The fourth-order valence-corrected chi connectivity index (χ4v) is 2.53. The van der Waals surface area contributed by atoms with E-state index in [9.17, 15) is 24.9 Å². The number of carbonyl (C=O) groups excluding carboxylic acids is 2. The van der Waals surface area contributed by atoms with E-state index in [1.54, 1.807) is 0 Å². The van der Waals surface area contributed by atoms with Crippen LogP contribution in [0.2, 0.25) is 0 Å². The summed E-state index contributed by atoms with van der Waals surface area (Å²) in [4.78, 5) is 24.3. The van der Waals surface area contributed by atoms with E-state index in [1.165, 1.54) is 6.21 Å². The van der Waals surface area contributed by atoms with Crippen LogP contribution >= 0.6 is 0 Å². The van der Waals surface area contributed by atoms with Crippen LogP contribution in [0.25, 0.3) is 0 Å². The topological polar surface area (TPSA) is 110 Å². The van der Waals surface area contributed by atoms with Gasteiger partial charge in [-0.2, -0.15) is 9.37 Å². The normalized spacial score (nSPS) is 44.1. The Labute approximate surface area is 95.3 Å². The first-order chi connectivity index (χ1) is 8.03. The van der Waals surface area contributed by atoms with Crippen LogP contribution in [0.4, 0.5) is 4.79 Å². The third-order valence-electron chi connectivity index (χ3n) is 3.41. The minimum atomic E-state index is -1.86. The molecule has 3 rings (SSSR count). The second-order valence-corrected chi connectivity index (χ2v) is 4.25. The van der Waals surface area contributed by atoms with Crippen molar-refractivity contribution in [2.45, 2.75) is 30.6 Å². The molecule has 3 N–H and O–H groups in total. The number of hydrogen-bond acceptors (Lipinski definition) is 6. The van der Waals surface area contributed by atoms with Gasteiger partial charge in [-0.25, -0.2) is 4.79 Å². The number of hydrogen-bond donors (Lipinski definition) is 3. The molecule has 3 amide bonds. The van der Waals surface area contributed by atoms with Crippen LogP contribution in [0.3, 0.4) is 0 Å². The van der Waals surface area contributed by atoms with Gasteiger partial charge in [0, 0.05) is 0 Å². The van der Waals surface area contributed by atoms with Gasteiger partial charge in [0.1, 0.15) is 13.0 Å². The van der Waals surface area contributed by atoms with Gasteiger partial charge in [-0.1, -0.05) is 0 Å². The van der Waals surface area contributed by atoms with Crippen molar-refractivity contribution >= 4 is 18.2 Å². The Morgan fingerprint density at radius 1 is 1.53 bits per heavy atom. The number of aliphatic hydroxyl groups excluding tert-OH is 3. The molecule has 0 aliphatic carbocycles. The van der Waals surface area contributed by atoms with E-state index in [2.05, 4.69) is 0 Å². The number of nitrogens with zero attached hydrogens (tertiary/aromatic N) is 2. The molecule has 4 atom stereocenters. The molecule has 8 nitrogen and oxygen atoms in total. The third-order valence-corrected chi connectivity index (χ3v) is 3.41. The predicted molar refractivity (Wildman–Crippen MR) is 49.9 cm³/mol. The lowest BCUT2D eigenvalue weighted by Crippen LogP contribution is -2.68. The number of imide groups is 1. The second-order valence-electron chi connectivity index (χ2n) is 4.25. The Kier molecular flexibility index (Phi) is 1.97. The van der Waals surface area contributed by atoms with Crippen LogP contribution in [0.15, 0.2) is 0 Å². The average molecular weight is 243 g/mol. The van der Waals surface area contributed by atoms with Gasteiger partial charge in [0.2, 0.25) is 6.23 Å². The Balaban J connectivity index is 2.20. The summed E-state index contributed by atoms with van der Waals surface area (Å²) in [5.74, 6) is -0.577. The van der Waals surface area contributed by atoms with Crippen molar-refractivity contribution in [3.63, 3.8) is 0 Å². The van der Waals surface area contributed by atoms with E-state index < -0.39 is 42.7 Å². The zero-order chi connectivity index (χ0) is 12.4. The molecule has 2 saturated heterocycles. The van der Waals surface area contributed by atoms with E-state index in [0.717, 1.165) is 4.58 Å². The molecule has 92 valence electrons. The van der Waals surface area contributed by atoms with E-state index >= 15 is 0 Å². The molecule has 17 heavy (non-hydrogen) atoms. The van der Waals surface area contributed by atoms with Crippen molar-refractivity contribution in [3.8, 4) is 0 Å². The van der Waals surface area contributed by atoms with Crippen LogP contribution < -0.4 is 0 Å². The van der Waals surface area contributed by atoms with Crippen LogP contribution in [-0.4, -0.2) is 73.7 Å². The first kappa shape index (κ1) is 10.8. The SMILES string of the molecule is O=C1CC=[N+]2C(=O)N1[C@@]1(CO)O[C@H]2C(O)C1O. The van der Waals surface area contributed by atoms with Gasteiger partial charge < -0.3 is 15.3 Å². The van der Waals surface area contributed by atoms with Gasteiger partial charge in [0.25, 0.3) is 5.72 Å². The maximum Gasteiger partial charge on any atom is 0.505 e. The standard InChI is InChI=1S/C9H11N2O6/c12-3-9-6(15)5(14)7(17-9)10-2-1-4(13)11(9)8(10)16/h2,5-7,12,14-15H,1,3H2/q+1/t5?,6?,7-,9-/m0/s1. The highest BCUT2D eigenvalue weighted by atomic mass is 16.6. The minimum Gasteiger partial charge on any atom is -0.389 e. The molecule has 0 aromatic carbocycles. The molecular weight excluding hydrogens is 232 g/mol. The molecule has 2 fully saturated rings. The van der Waals surface area contributed by atoms with Crippen molar-refractivity contribution in [3.05, 3.63) is 0 Å². The summed E-state index contributed by atoms with van der Waals surface area (Å²) in [7, 11) is 0. The Hall–Kier alpha value is -1.35. The number of rotatable bonds is 1. The van der Waals surface area contributed by atoms with E-state index in [4.69, 9.17) is 4.74 Å². The summed E-state index contributed by atoms with van der Waals surface area (Å²) < 4.78 is 6.36. The average Bonchev–Trinajstić information content (AvgIpc) is 2.53. The fraction of sp³-hybridized carbons (Fsp3) is 0.667. The van der Waals surface area contributed by atoms with Crippen molar-refractivity contribution in [2.75, 3.05) is 6.61 Å². The van der Waals surface area contributed by atoms with Gasteiger partial charge in [-0.15, -0.1) is 4.90 Å². The summed E-state index contributed by atoms with van der Waals surface area (Å²) in [5.41, 5.74) is -1.86. The lowest BCUT2D eigenvalue weighted by Gasteiger charge is -2.37. The quantitative estimate of drug-likeness (QED) is 0.429. The molecule has 3 heterocycles. The summed E-state index contributed by atoms with van der Waals surface area (Å²) in [6.45, 7) is -0.757. The summed E-state index contributed by atoms with van der Waals surface area (Å²) in [6.07, 6.45) is -2.67. The number of ether oxygens (including phenoxy) is 1. The van der Waals surface area contributed by atoms with Gasteiger partial charge in [0.15, 0.2) is 12.2 Å². The first-order valence-electron chi connectivity index (χ1n) is 5.16. The largest absolute Gasteiger partial charge is 0.505 e. The van der Waals surface area contributed by atoms with Crippen LogP contribution in [0, 0.1) is 0 Å². The number of aliphatic hydroxyl groups is 3. The predicted octanol–water partition coefficient (Wildman–Crippen LogP) is -2.80. The van der Waals surface area contributed by atoms with Crippen LogP contribution in [0.5, 0.6) is 0 Å². The van der Waals surface area contributed by atoms with E-state index in [1.807, 2.05) is 0 Å². The summed E-state index contributed by atoms with van der Waals surface area (Å²) >= 11 is 0. The highest BCUT2D eigenvalue weighted by Crippen LogP contribution is 2.40. The molecule has 0 aromatic heterocycles. The molecule has 3 aliphatic heterocycles. The first-order valence-corrected chi connectivity index (χ1v) is 5.16. The Bertz CT molecular complexity index is 449. The van der Waals surface area contributed by atoms with Gasteiger partial charge in [0.05, 0.1) is 6.21 Å². The smallest absolute Gasteiger partial charge is 0.389 e. The molecule has 4 bridgehead atoms. The van der Waals surface area contributed by atoms with Crippen molar-refractivity contribution in [1.82, 2.24) is 4.90 Å². The lowest BCUT2D eigenvalue weighted by atomic mass is 10.0. The molecule has 2 unspecified atom stereocenters. The molecule has 3 aliphatic rings. The number of fused-ring (bicyclic) bond motifs is 6. The van der Waals surface area contributed by atoms with Gasteiger partial charge in [-0.3, -0.25) is 4.74 Å². The maximum absolute atomic E-state index is 11.9. The van der Waals surface area contributed by atoms with E-state index in [-0.39, 0.29) is 6.42 Å². The molecular formula is C9H11N2O6+. The van der Waals surface area contributed by atoms with Crippen LogP contribution in [-0.2, 0) is 9.53 Å². The summed E-state index contributed by atoms with van der Waals surface area (Å²) in [5, 5.41) is 29.0. The van der Waals surface area contributed by atoms with Crippen LogP contribution in [0.1, 0.15) is 6.42 Å². The summed E-state index contributed by atoms with van der Waals surface area (Å²) in [6, 6.07) is -0.692. The molecule has 0 aromatic rings. The third kappa shape index (κ3) is 1.03. The molecule has 0 radical (unpaired) electrons. The Morgan fingerprint density at radius 3 is 2.88 bits per heavy atom.